The van der Waals surface area contributed by atoms with Crippen LogP contribution in [0.3, 0.4) is 0 Å². The van der Waals surface area contributed by atoms with E-state index in [0.29, 0.717) is 30.6 Å². The van der Waals surface area contributed by atoms with E-state index in [-0.39, 0.29) is 29.3 Å². The fraction of sp³-hybridized carbons (Fsp3) is 0.765. The number of terminal acetylenes is 1. The van der Waals surface area contributed by atoms with Gasteiger partial charge in [0.15, 0.2) is 6.61 Å². The van der Waals surface area contributed by atoms with Gasteiger partial charge in [-0.2, -0.15) is 0 Å². The van der Waals surface area contributed by atoms with E-state index in [0.717, 1.165) is 50.7 Å². The minimum absolute atomic E-state index is 0.0818. The molecule has 238 valence electrons. The molecule has 4 aliphatic rings. The quantitative estimate of drug-likeness (QED) is 0.217. The summed E-state index contributed by atoms with van der Waals surface area (Å²) in [5, 5.41) is 30.3. The Kier molecular flexibility index (Phi) is 9.71. The third-order valence-electron chi connectivity index (χ3n) is 11.8. The van der Waals surface area contributed by atoms with Gasteiger partial charge in [-0.1, -0.05) is 64.6 Å². The van der Waals surface area contributed by atoms with E-state index in [1.165, 1.54) is 5.57 Å². The molecule has 4 rings (SSSR count). The number of carboxylic acids is 1. The van der Waals surface area contributed by atoms with Crippen molar-refractivity contribution < 1.29 is 29.4 Å². The van der Waals surface area contributed by atoms with Crippen LogP contribution in [0, 0.1) is 52.8 Å². The van der Waals surface area contributed by atoms with Crippen molar-refractivity contribution in [1.82, 2.24) is 10.6 Å². The lowest BCUT2D eigenvalue weighted by Gasteiger charge is -2.58. The van der Waals surface area contributed by atoms with E-state index < -0.39 is 35.5 Å². The molecule has 3 fully saturated rings. The van der Waals surface area contributed by atoms with Gasteiger partial charge in [0.25, 0.3) is 5.91 Å². The summed E-state index contributed by atoms with van der Waals surface area (Å²) in [6.45, 7) is 11.5. The Morgan fingerprint density at radius 2 is 1.77 bits per heavy atom. The van der Waals surface area contributed by atoms with Crippen LogP contribution in [0.1, 0.15) is 99.3 Å². The second-order valence-electron chi connectivity index (χ2n) is 14.4. The molecule has 0 bridgehead atoms. The van der Waals surface area contributed by atoms with Gasteiger partial charge < -0.3 is 25.7 Å². The first-order valence-electron chi connectivity index (χ1n) is 16.1. The zero-order valence-corrected chi connectivity index (χ0v) is 26.7. The Bertz CT molecular complexity index is 1200. The van der Waals surface area contributed by atoms with Gasteiger partial charge in [0.2, 0.25) is 5.91 Å². The molecule has 9 heteroatoms. The van der Waals surface area contributed by atoms with E-state index in [2.05, 4.69) is 41.6 Å². The molecule has 0 aliphatic heterocycles. The smallest absolute Gasteiger partial charge is 0.326 e. The largest absolute Gasteiger partial charge is 0.480 e. The monoisotopic (exact) mass is 597 g/mol. The summed E-state index contributed by atoms with van der Waals surface area (Å²) in [5.74, 6) is 1.70. The molecule has 4 N–H and O–H groups in total. The third-order valence-corrected chi connectivity index (χ3v) is 11.8. The Hall–Kier alpha value is -2.86. The second kappa shape index (κ2) is 12.6. The Labute approximate surface area is 256 Å². The van der Waals surface area contributed by atoms with Crippen LogP contribution in [0.2, 0.25) is 0 Å². The van der Waals surface area contributed by atoms with Crippen LogP contribution in [0.4, 0.5) is 0 Å². The number of allylic oxidation sites excluding steroid dienone is 2. The molecule has 4 aliphatic carbocycles. The molecule has 9 atom stereocenters. The standard InChI is InChI=1S/C34H51N3O6/c1-8-21(5)29(31(40)41)36-30(39)28(20(3)4)35-27(38)19-43-37-23-12-15-32(6)22(18-23)10-11-24-25(32)13-16-33(7)26(24)14-17-34(33,42)9-2/h2,18,20-21,24-26,28-29,42H,8,10-17,19H2,1,3-7H3,(H,35,38)(H,36,39)(H,40,41)/b37-23+/t21?,24?,25?,26?,28?,29?,32-,33-,34+/m0/s1. The number of aliphatic carboxylic acids is 1. The molecule has 0 aromatic carbocycles. The number of carbonyl (C=O) groups is 3. The SMILES string of the molecule is C#C[C@@]1(O)CCC2C3CCC4=C/C(=N/OCC(=O)NC(C(=O)NC(C(=O)O)C(C)CC)C(C)C)CC[C@]4(C)C3CC[C@@]21C. The van der Waals surface area contributed by atoms with Crippen LogP contribution in [0.5, 0.6) is 0 Å². The number of nitrogens with zero attached hydrogens (tertiary/aromatic N) is 1. The van der Waals surface area contributed by atoms with Crippen molar-refractivity contribution in [1.29, 1.82) is 0 Å². The highest BCUT2D eigenvalue weighted by Crippen LogP contribution is 2.67. The molecule has 9 nitrogen and oxygen atoms in total. The highest BCUT2D eigenvalue weighted by Gasteiger charge is 2.63. The fourth-order valence-electron chi connectivity index (χ4n) is 8.75. The Morgan fingerprint density at radius 1 is 1.07 bits per heavy atom. The summed E-state index contributed by atoms with van der Waals surface area (Å²) in [5.41, 5.74) is 1.09. The van der Waals surface area contributed by atoms with Crippen LogP contribution in [0.25, 0.3) is 0 Å². The number of carboxylic acid groups (broad SMARTS) is 1. The second-order valence-corrected chi connectivity index (χ2v) is 14.4. The highest BCUT2D eigenvalue weighted by atomic mass is 16.6. The minimum atomic E-state index is -1.10. The van der Waals surface area contributed by atoms with E-state index in [1.54, 1.807) is 20.8 Å². The minimum Gasteiger partial charge on any atom is -0.480 e. The number of rotatable bonds is 10. The van der Waals surface area contributed by atoms with Gasteiger partial charge in [0.1, 0.15) is 17.7 Å². The van der Waals surface area contributed by atoms with Gasteiger partial charge in [-0.25, -0.2) is 4.79 Å². The number of amides is 2. The molecular formula is C34H51N3O6. The molecule has 0 aromatic heterocycles. The lowest BCUT2D eigenvalue weighted by Crippen LogP contribution is -2.55. The van der Waals surface area contributed by atoms with Crippen molar-refractivity contribution in [2.45, 2.75) is 117 Å². The number of oxime groups is 1. The maximum atomic E-state index is 12.9. The summed E-state index contributed by atoms with van der Waals surface area (Å²) in [6.07, 6.45) is 16.1. The molecule has 0 saturated heterocycles. The summed E-state index contributed by atoms with van der Waals surface area (Å²) in [7, 11) is 0. The zero-order chi connectivity index (χ0) is 31.7. The molecule has 0 aromatic rings. The molecule has 2 amide bonds. The van der Waals surface area contributed by atoms with Crippen LogP contribution >= 0.6 is 0 Å². The zero-order valence-electron chi connectivity index (χ0n) is 26.7. The normalized spacial score (nSPS) is 36.2. The van der Waals surface area contributed by atoms with Crippen LogP contribution < -0.4 is 10.6 Å². The number of nitrogens with one attached hydrogen (secondary N) is 2. The van der Waals surface area contributed by atoms with Crippen LogP contribution in [0.15, 0.2) is 16.8 Å². The van der Waals surface area contributed by atoms with Gasteiger partial charge in [0, 0.05) is 5.41 Å². The lowest BCUT2D eigenvalue weighted by atomic mass is 9.46. The number of aliphatic hydroxyl groups is 1. The maximum Gasteiger partial charge on any atom is 0.326 e. The lowest BCUT2D eigenvalue weighted by molar-refractivity contribution is -0.144. The number of hydrogen-bond donors (Lipinski definition) is 4. The predicted octanol–water partition coefficient (Wildman–Crippen LogP) is 4.44. The molecule has 43 heavy (non-hydrogen) atoms. The summed E-state index contributed by atoms with van der Waals surface area (Å²) < 4.78 is 0. The molecule has 0 spiro atoms. The number of carbonyl (C=O) groups excluding carboxylic acids is 2. The first-order chi connectivity index (χ1) is 20.2. The molecule has 0 radical (unpaired) electrons. The van der Waals surface area contributed by atoms with Crippen molar-refractivity contribution in [3.05, 3.63) is 11.6 Å². The highest BCUT2D eigenvalue weighted by molar-refractivity contribution is 5.96. The maximum absolute atomic E-state index is 12.9. The van der Waals surface area contributed by atoms with Gasteiger partial charge in [-0.3, -0.25) is 9.59 Å². The van der Waals surface area contributed by atoms with Crippen molar-refractivity contribution >= 4 is 23.5 Å². The first-order valence-corrected chi connectivity index (χ1v) is 16.1. The van der Waals surface area contributed by atoms with E-state index in [4.69, 9.17) is 11.3 Å². The van der Waals surface area contributed by atoms with Crippen molar-refractivity contribution in [2.75, 3.05) is 6.61 Å². The van der Waals surface area contributed by atoms with Crippen molar-refractivity contribution in [3.63, 3.8) is 0 Å². The fourth-order valence-corrected chi connectivity index (χ4v) is 8.75. The summed E-state index contributed by atoms with van der Waals surface area (Å²) in [4.78, 5) is 42.7. The summed E-state index contributed by atoms with van der Waals surface area (Å²) in [6, 6.07) is -1.92. The van der Waals surface area contributed by atoms with Gasteiger partial charge in [-0.05, 0) is 92.4 Å². The predicted molar refractivity (Wildman–Crippen MR) is 165 cm³/mol. The topological polar surface area (TPSA) is 137 Å². The number of fused-ring (bicyclic) bond motifs is 5. The molecular weight excluding hydrogens is 546 g/mol. The molecule has 0 heterocycles. The number of hydrogen-bond acceptors (Lipinski definition) is 6. The van der Waals surface area contributed by atoms with Crippen LogP contribution in [-0.2, 0) is 19.2 Å². The molecule has 6 unspecified atom stereocenters. The van der Waals surface area contributed by atoms with Gasteiger partial charge in [0.05, 0.1) is 5.71 Å². The third kappa shape index (κ3) is 6.09. The van der Waals surface area contributed by atoms with Crippen LogP contribution in [-0.4, -0.2) is 58.0 Å². The molecule has 3 saturated carbocycles. The van der Waals surface area contributed by atoms with Crippen molar-refractivity contribution in [2.24, 2.45) is 45.6 Å². The van der Waals surface area contributed by atoms with E-state index in [1.807, 2.05) is 6.92 Å². The first kappa shape index (κ1) is 33.0. The van der Waals surface area contributed by atoms with E-state index >= 15 is 0 Å². The Morgan fingerprint density at radius 3 is 2.40 bits per heavy atom. The van der Waals surface area contributed by atoms with E-state index in [9.17, 15) is 24.6 Å². The Balaban J connectivity index is 1.35. The van der Waals surface area contributed by atoms with Crippen molar-refractivity contribution in [3.8, 4) is 12.3 Å². The van der Waals surface area contributed by atoms with Gasteiger partial charge in [-0.15, -0.1) is 6.42 Å². The average molecular weight is 598 g/mol. The van der Waals surface area contributed by atoms with Gasteiger partial charge >= 0.3 is 5.97 Å². The summed E-state index contributed by atoms with van der Waals surface area (Å²) >= 11 is 0. The average Bonchev–Trinajstić information content (AvgIpc) is 3.24.